The van der Waals surface area contributed by atoms with Crippen molar-refractivity contribution in [1.29, 1.82) is 5.41 Å². The second-order valence-corrected chi connectivity index (χ2v) is 5.05. The minimum atomic E-state index is -0.146. The van der Waals surface area contributed by atoms with Crippen molar-refractivity contribution in [2.45, 2.75) is 26.7 Å². The Morgan fingerprint density at radius 1 is 1.42 bits per heavy atom. The summed E-state index contributed by atoms with van der Waals surface area (Å²) in [5.41, 5.74) is 1.19. The van der Waals surface area contributed by atoms with Crippen LogP contribution in [0.25, 0.3) is 0 Å². The van der Waals surface area contributed by atoms with Crippen LogP contribution in [0.15, 0.2) is 18.2 Å². The number of hydrogen-bond donors (Lipinski definition) is 2. The third-order valence-corrected chi connectivity index (χ3v) is 2.94. The number of nitrogens with one attached hydrogen (secondary N) is 2. The van der Waals surface area contributed by atoms with Crippen molar-refractivity contribution < 1.29 is 9.59 Å². The second-order valence-electron chi connectivity index (χ2n) is 4.64. The zero-order valence-corrected chi connectivity index (χ0v) is 11.8. The average molecular weight is 281 g/mol. The summed E-state index contributed by atoms with van der Waals surface area (Å²) in [4.78, 5) is 22.7. The van der Waals surface area contributed by atoms with Crippen molar-refractivity contribution in [2.75, 3.05) is 5.32 Å². The molecule has 4 nitrogen and oxygen atoms in total. The summed E-state index contributed by atoms with van der Waals surface area (Å²) in [6.07, 6.45) is 1.85. The maximum absolute atomic E-state index is 11.8. The molecule has 1 rings (SSSR count). The van der Waals surface area contributed by atoms with E-state index in [1.54, 1.807) is 18.2 Å². The van der Waals surface area contributed by atoms with Gasteiger partial charge in [-0.25, -0.2) is 0 Å². The Balaban J connectivity index is 2.59. The molecule has 2 N–H and O–H groups in total. The Hall–Kier alpha value is -1.68. The predicted molar refractivity (Wildman–Crippen MR) is 77.0 cm³/mol. The normalized spacial score (nSPS) is 11.7. The first kappa shape index (κ1) is 15.4. The van der Waals surface area contributed by atoms with Crippen molar-refractivity contribution in [2.24, 2.45) is 5.92 Å². The zero-order valence-electron chi connectivity index (χ0n) is 11.0. The van der Waals surface area contributed by atoms with Crippen molar-refractivity contribution >= 4 is 35.2 Å². The van der Waals surface area contributed by atoms with E-state index in [2.05, 4.69) is 5.32 Å². The minimum absolute atomic E-state index is 0.0221. The van der Waals surface area contributed by atoms with Crippen molar-refractivity contribution in [3.8, 4) is 0 Å². The molecular weight excluding hydrogens is 264 g/mol. The van der Waals surface area contributed by atoms with Gasteiger partial charge < -0.3 is 15.5 Å². The maximum Gasteiger partial charge on any atom is 0.224 e. The summed E-state index contributed by atoms with van der Waals surface area (Å²) in [5, 5.41) is 10.3. The molecule has 19 heavy (non-hydrogen) atoms. The highest BCUT2D eigenvalue weighted by atomic mass is 35.5. The third-order valence-electron chi connectivity index (χ3n) is 2.61. The Bertz CT molecular complexity index is 500. The first-order valence-electron chi connectivity index (χ1n) is 6.01. The molecule has 0 heterocycles. The Kier molecular flexibility index (Phi) is 5.70. The van der Waals surface area contributed by atoms with Crippen LogP contribution in [0.4, 0.5) is 5.69 Å². The van der Waals surface area contributed by atoms with Gasteiger partial charge in [-0.3, -0.25) is 4.79 Å². The summed E-state index contributed by atoms with van der Waals surface area (Å²) in [7, 11) is 0. The zero-order chi connectivity index (χ0) is 14.4. The van der Waals surface area contributed by atoms with E-state index >= 15 is 0 Å². The fraction of sp³-hybridized carbons (Fsp3) is 0.357. The molecule has 0 fully saturated rings. The van der Waals surface area contributed by atoms with Crippen LogP contribution in [0.1, 0.15) is 32.3 Å². The number of rotatable bonds is 6. The molecule has 0 aliphatic rings. The van der Waals surface area contributed by atoms with Crippen molar-refractivity contribution in [1.82, 2.24) is 0 Å². The number of carbonyl (C=O) groups excluding carboxylic acids is 2. The van der Waals surface area contributed by atoms with Crippen LogP contribution in [-0.4, -0.2) is 17.9 Å². The Morgan fingerprint density at radius 2 is 2.11 bits per heavy atom. The molecule has 0 aliphatic carbocycles. The Labute approximate surface area is 117 Å². The van der Waals surface area contributed by atoms with Gasteiger partial charge in [0.1, 0.15) is 5.78 Å². The molecule has 0 bridgehead atoms. The van der Waals surface area contributed by atoms with E-state index in [-0.39, 0.29) is 17.6 Å². The van der Waals surface area contributed by atoms with Gasteiger partial charge in [0.05, 0.1) is 5.02 Å². The van der Waals surface area contributed by atoms with Gasteiger partial charge in [0.25, 0.3) is 0 Å². The molecule has 0 aliphatic heterocycles. The summed E-state index contributed by atoms with van der Waals surface area (Å²) >= 11 is 5.94. The highest BCUT2D eigenvalue weighted by molar-refractivity contribution is 6.33. The van der Waals surface area contributed by atoms with Gasteiger partial charge in [0.15, 0.2) is 0 Å². The average Bonchev–Trinajstić information content (AvgIpc) is 2.27. The molecule has 0 radical (unpaired) electrons. The molecule has 1 atom stereocenters. The molecule has 1 amide bonds. The number of amides is 1. The van der Waals surface area contributed by atoms with Gasteiger partial charge in [0.2, 0.25) is 5.91 Å². The predicted octanol–water partition coefficient (Wildman–Crippen LogP) is 3.28. The molecule has 0 spiro atoms. The van der Waals surface area contributed by atoms with Crippen LogP contribution in [0.3, 0.4) is 0 Å². The number of hydrogen-bond acceptors (Lipinski definition) is 3. The van der Waals surface area contributed by atoms with Crippen molar-refractivity contribution in [3.63, 3.8) is 0 Å². The SMILES string of the molecule is CC(=O)CC(C)CC(=O)Nc1ccc(C=N)c(Cl)c1. The molecule has 0 aromatic heterocycles. The van der Waals surface area contributed by atoms with Gasteiger partial charge in [-0.2, -0.15) is 0 Å². The number of carbonyl (C=O) groups is 2. The van der Waals surface area contributed by atoms with Gasteiger partial charge in [-0.1, -0.05) is 18.5 Å². The van der Waals surface area contributed by atoms with Crippen LogP contribution < -0.4 is 5.32 Å². The number of Topliss-reactive ketones (excluding diaryl/α,β-unsaturated/α-hetero) is 1. The lowest BCUT2D eigenvalue weighted by atomic mass is 10.0. The first-order valence-corrected chi connectivity index (χ1v) is 6.39. The summed E-state index contributed by atoms with van der Waals surface area (Å²) in [6.45, 7) is 3.39. The molecule has 0 saturated carbocycles. The lowest BCUT2D eigenvalue weighted by Crippen LogP contribution is -2.16. The van der Waals surface area contributed by atoms with Gasteiger partial charge in [-0.05, 0) is 31.0 Å². The molecule has 1 aromatic carbocycles. The molecule has 102 valence electrons. The largest absolute Gasteiger partial charge is 0.326 e. The van der Waals surface area contributed by atoms with E-state index < -0.39 is 0 Å². The van der Waals surface area contributed by atoms with Crippen LogP contribution in [0, 0.1) is 11.3 Å². The van der Waals surface area contributed by atoms with E-state index in [9.17, 15) is 9.59 Å². The van der Waals surface area contributed by atoms with E-state index in [4.69, 9.17) is 17.0 Å². The number of anilines is 1. The van der Waals surface area contributed by atoms with Gasteiger partial charge >= 0.3 is 0 Å². The number of halogens is 1. The van der Waals surface area contributed by atoms with Crippen LogP contribution in [0.5, 0.6) is 0 Å². The Morgan fingerprint density at radius 3 is 2.63 bits per heavy atom. The van der Waals surface area contributed by atoms with Crippen LogP contribution >= 0.6 is 11.6 Å². The second kappa shape index (κ2) is 7.04. The van der Waals surface area contributed by atoms with E-state index in [1.165, 1.54) is 6.92 Å². The number of ketones is 1. The van der Waals surface area contributed by atoms with Crippen LogP contribution in [0.2, 0.25) is 5.02 Å². The van der Waals surface area contributed by atoms with E-state index in [0.29, 0.717) is 29.1 Å². The molecular formula is C14H17ClN2O2. The highest BCUT2D eigenvalue weighted by Crippen LogP contribution is 2.20. The van der Waals surface area contributed by atoms with Crippen molar-refractivity contribution in [3.05, 3.63) is 28.8 Å². The molecule has 5 heteroatoms. The molecule has 1 unspecified atom stereocenters. The van der Waals surface area contributed by atoms with Crippen LogP contribution in [-0.2, 0) is 9.59 Å². The quantitative estimate of drug-likeness (QED) is 0.785. The van der Waals surface area contributed by atoms with E-state index in [1.807, 2.05) is 6.92 Å². The minimum Gasteiger partial charge on any atom is -0.326 e. The number of benzene rings is 1. The monoisotopic (exact) mass is 280 g/mol. The fourth-order valence-corrected chi connectivity index (χ4v) is 2.05. The molecule has 1 aromatic rings. The topological polar surface area (TPSA) is 70.0 Å². The van der Waals surface area contributed by atoms with Gasteiger partial charge in [-0.15, -0.1) is 0 Å². The lowest BCUT2D eigenvalue weighted by Gasteiger charge is -2.10. The summed E-state index contributed by atoms with van der Waals surface area (Å²) in [6, 6.07) is 4.97. The lowest BCUT2D eigenvalue weighted by molar-refractivity contribution is -0.119. The fourth-order valence-electron chi connectivity index (χ4n) is 1.81. The standard InChI is InChI=1S/C14H17ClN2O2/c1-9(5-10(2)18)6-14(19)17-12-4-3-11(8-16)13(15)7-12/h3-4,7-9,16H,5-6H2,1-2H3,(H,17,19). The third kappa shape index (κ3) is 5.22. The van der Waals surface area contributed by atoms with Gasteiger partial charge in [0, 0.05) is 30.3 Å². The van der Waals surface area contributed by atoms with E-state index in [0.717, 1.165) is 6.21 Å². The first-order chi connectivity index (χ1) is 8.92. The summed E-state index contributed by atoms with van der Waals surface area (Å²) < 4.78 is 0. The highest BCUT2D eigenvalue weighted by Gasteiger charge is 2.11. The summed E-state index contributed by atoms with van der Waals surface area (Å²) in [5.74, 6) is -0.0417. The maximum atomic E-state index is 11.8. The molecule has 0 saturated heterocycles. The smallest absolute Gasteiger partial charge is 0.224 e.